The van der Waals surface area contributed by atoms with E-state index in [1.54, 1.807) is 21.3 Å². The third-order valence-electron chi connectivity index (χ3n) is 3.92. The smallest absolute Gasteiger partial charge is 0.231 e. The van der Waals surface area contributed by atoms with Gasteiger partial charge in [-0.05, 0) is 39.7 Å². The van der Waals surface area contributed by atoms with Gasteiger partial charge in [0.15, 0.2) is 23.0 Å². The molecular formula is C18H20BrNO5. The van der Waals surface area contributed by atoms with E-state index in [9.17, 15) is 0 Å². The van der Waals surface area contributed by atoms with Gasteiger partial charge < -0.3 is 29.0 Å². The first-order chi connectivity index (χ1) is 12.2. The maximum Gasteiger partial charge on any atom is 0.231 e. The molecule has 134 valence electrons. The zero-order valence-electron chi connectivity index (χ0n) is 14.3. The zero-order chi connectivity index (χ0) is 17.8. The van der Waals surface area contributed by atoms with Crippen LogP contribution in [0.4, 0.5) is 0 Å². The number of methoxy groups -OCH3 is 3. The zero-order valence-corrected chi connectivity index (χ0v) is 15.9. The summed E-state index contributed by atoms with van der Waals surface area (Å²) in [6.07, 6.45) is 0. The Morgan fingerprint density at radius 3 is 2.52 bits per heavy atom. The fourth-order valence-electron chi connectivity index (χ4n) is 2.77. The van der Waals surface area contributed by atoms with Crippen LogP contribution in [0.15, 0.2) is 28.7 Å². The minimum atomic E-state index is 0.258. The molecule has 0 saturated heterocycles. The SMILES string of the molecule is COc1ccc(CNCc2cc(Br)c3c(c2)OCO3)c(OC)c1OC. The highest BCUT2D eigenvalue weighted by Crippen LogP contribution is 2.41. The molecule has 1 aliphatic heterocycles. The summed E-state index contributed by atoms with van der Waals surface area (Å²) in [5.74, 6) is 3.42. The van der Waals surface area contributed by atoms with E-state index >= 15 is 0 Å². The van der Waals surface area contributed by atoms with E-state index in [0.29, 0.717) is 30.3 Å². The van der Waals surface area contributed by atoms with E-state index in [4.69, 9.17) is 23.7 Å². The Bertz CT molecular complexity index is 766. The predicted molar refractivity (Wildman–Crippen MR) is 96.9 cm³/mol. The molecule has 0 fully saturated rings. The van der Waals surface area contributed by atoms with Gasteiger partial charge in [0.05, 0.1) is 25.8 Å². The van der Waals surface area contributed by atoms with Crippen molar-refractivity contribution >= 4 is 15.9 Å². The second-order valence-electron chi connectivity index (χ2n) is 5.41. The highest BCUT2D eigenvalue weighted by molar-refractivity contribution is 9.10. The largest absolute Gasteiger partial charge is 0.493 e. The van der Waals surface area contributed by atoms with Crippen molar-refractivity contribution in [3.63, 3.8) is 0 Å². The molecule has 3 rings (SSSR count). The van der Waals surface area contributed by atoms with Gasteiger partial charge in [-0.15, -0.1) is 0 Å². The average molecular weight is 410 g/mol. The molecule has 2 aromatic carbocycles. The van der Waals surface area contributed by atoms with Gasteiger partial charge in [0.1, 0.15) is 0 Å². The lowest BCUT2D eigenvalue weighted by molar-refractivity contribution is 0.173. The van der Waals surface area contributed by atoms with Gasteiger partial charge in [-0.2, -0.15) is 0 Å². The fraction of sp³-hybridized carbons (Fsp3) is 0.333. The van der Waals surface area contributed by atoms with Crippen LogP contribution < -0.4 is 29.0 Å². The van der Waals surface area contributed by atoms with Crippen LogP contribution >= 0.6 is 15.9 Å². The van der Waals surface area contributed by atoms with E-state index in [1.165, 1.54) is 0 Å². The second kappa shape index (κ2) is 7.84. The Balaban J connectivity index is 1.71. The number of benzene rings is 2. The lowest BCUT2D eigenvalue weighted by atomic mass is 10.1. The van der Waals surface area contributed by atoms with E-state index in [2.05, 4.69) is 21.2 Å². The molecule has 0 radical (unpaired) electrons. The van der Waals surface area contributed by atoms with Crippen molar-refractivity contribution < 1.29 is 23.7 Å². The summed E-state index contributed by atoms with van der Waals surface area (Å²) in [6, 6.07) is 7.83. The predicted octanol–water partition coefficient (Wildman–Crippen LogP) is 3.49. The maximum atomic E-state index is 5.50. The summed E-state index contributed by atoms with van der Waals surface area (Å²) < 4.78 is 28.0. The standard InChI is InChI=1S/C18H20BrNO5/c1-21-14-5-4-12(16(22-2)18(14)23-3)9-20-8-11-6-13(19)17-15(7-11)24-10-25-17/h4-7,20H,8-10H2,1-3H3. The molecule has 0 bridgehead atoms. The normalized spacial score (nSPS) is 12.2. The number of nitrogens with one attached hydrogen (secondary N) is 1. The van der Waals surface area contributed by atoms with Crippen LogP contribution in [-0.4, -0.2) is 28.1 Å². The molecule has 2 aromatic rings. The quantitative estimate of drug-likeness (QED) is 0.754. The monoisotopic (exact) mass is 409 g/mol. The Labute approximate surface area is 155 Å². The topological polar surface area (TPSA) is 58.2 Å². The van der Waals surface area contributed by atoms with E-state index in [0.717, 1.165) is 27.1 Å². The molecule has 1 heterocycles. The van der Waals surface area contributed by atoms with Crippen molar-refractivity contribution in [2.45, 2.75) is 13.1 Å². The maximum absolute atomic E-state index is 5.50. The minimum absolute atomic E-state index is 0.258. The minimum Gasteiger partial charge on any atom is -0.493 e. The van der Waals surface area contributed by atoms with Crippen LogP contribution in [0.5, 0.6) is 28.7 Å². The number of ether oxygens (including phenoxy) is 5. The molecule has 6 nitrogen and oxygen atoms in total. The number of hydrogen-bond acceptors (Lipinski definition) is 6. The summed E-state index contributed by atoms with van der Waals surface area (Å²) >= 11 is 3.51. The first-order valence-electron chi connectivity index (χ1n) is 7.74. The summed E-state index contributed by atoms with van der Waals surface area (Å²) in [4.78, 5) is 0. The van der Waals surface area contributed by atoms with Crippen molar-refractivity contribution in [2.75, 3.05) is 28.1 Å². The van der Waals surface area contributed by atoms with Crippen molar-refractivity contribution in [2.24, 2.45) is 0 Å². The molecule has 0 aliphatic carbocycles. The molecule has 0 amide bonds. The molecule has 0 unspecified atom stereocenters. The average Bonchev–Trinajstić information content (AvgIpc) is 3.10. The van der Waals surface area contributed by atoms with Crippen molar-refractivity contribution in [3.8, 4) is 28.7 Å². The van der Waals surface area contributed by atoms with Gasteiger partial charge in [0.2, 0.25) is 12.5 Å². The number of fused-ring (bicyclic) bond motifs is 1. The molecule has 25 heavy (non-hydrogen) atoms. The summed E-state index contributed by atoms with van der Waals surface area (Å²) in [6.45, 7) is 1.55. The molecule has 0 aromatic heterocycles. The molecule has 0 atom stereocenters. The van der Waals surface area contributed by atoms with Gasteiger partial charge in [-0.25, -0.2) is 0 Å². The lowest BCUT2D eigenvalue weighted by Crippen LogP contribution is -2.14. The van der Waals surface area contributed by atoms with Gasteiger partial charge in [-0.3, -0.25) is 0 Å². The van der Waals surface area contributed by atoms with Crippen LogP contribution in [0.3, 0.4) is 0 Å². The van der Waals surface area contributed by atoms with Crippen molar-refractivity contribution in [3.05, 3.63) is 39.9 Å². The number of hydrogen-bond donors (Lipinski definition) is 1. The van der Waals surface area contributed by atoms with Crippen LogP contribution in [0.25, 0.3) is 0 Å². The van der Waals surface area contributed by atoms with Crippen LogP contribution in [0, 0.1) is 0 Å². The van der Waals surface area contributed by atoms with E-state index in [-0.39, 0.29) is 6.79 Å². The first kappa shape index (κ1) is 17.7. The molecule has 1 aliphatic rings. The Morgan fingerprint density at radius 1 is 1.00 bits per heavy atom. The van der Waals surface area contributed by atoms with E-state index in [1.807, 2.05) is 24.3 Å². The van der Waals surface area contributed by atoms with E-state index < -0.39 is 0 Å². The third kappa shape index (κ3) is 3.62. The van der Waals surface area contributed by atoms with Crippen molar-refractivity contribution in [1.82, 2.24) is 5.32 Å². The second-order valence-corrected chi connectivity index (χ2v) is 6.26. The van der Waals surface area contributed by atoms with Crippen LogP contribution in [-0.2, 0) is 13.1 Å². The first-order valence-corrected chi connectivity index (χ1v) is 8.53. The lowest BCUT2D eigenvalue weighted by Gasteiger charge is -2.16. The molecule has 7 heteroatoms. The Hall–Kier alpha value is -2.12. The van der Waals surface area contributed by atoms with Crippen LogP contribution in [0.2, 0.25) is 0 Å². The van der Waals surface area contributed by atoms with Crippen molar-refractivity contribution in [1.29, 1.82) is 0 Å². The summed E-state index contributed by atoms with van der Waals surface area (Å²) in [5, 5.41) is 3.41. The highest BCUT2D eigenvalue weighted by Gasteiger charge is 2.18. The summed E-state index contributed by atoms with van der Waals surface area (Å²) in [5.41, 5.74) is 2.08. The van der Waals surface area contributed by atoms with Crippen LogP contribution in [0.1, 0.15) is 11.1 Å². The fourth-order valence-corrected chi connectivity index (χ4v) is 3.37. The van der Waals surface area contributed by atoms with Gasteiger partial charge >= 0.3 is 0 Å². The molecule has 0 spiro atoms. The van der Waals surface area contributed by atoms with Gasteiger partial charge in [0, 0.05) is 18.7 Å². The Kier molecular flexibility index (Phi) is 5.55. The van der Waals surface area contributed by atoms with Gasteiger partial charge in [-0.1, -0.05) is 6.07 Å². The highest BCUT2D eigenvalue weighted by atomic mass is 79.9. The third-order valence-corrected chi connectivity index (χ3v) is 4.51. The number of halogens is 1. The Morgan fingerprint density at radius 2 is 1.80 bits per heavy atom. The molecule has 0 saturated carbocycles. The number of rotatable bonds is 7. The van der Waals surface area contributed by atoms with Gasteiger partial charge in [0.25, 0.3) is 0 Å². The summed E-state index contributed by atoms with van der Waals surface area (Å²) in [7, 11) is 4.82. The molecule has 1 N–H and O–H groups in total. The molecular weight excluding hydrogens is 390 g/mol.